The van der Waals surface area contributed by atoms with Gasteiger partial charge in [0.05, 0.1) is 4.34 Å². The highest BCUT2D eigenvalue weighted by Crippen LogP contribution is 2.34. The number of rotatable bonds is 4. The summed E-state index contributed by atoms with van der Waals surface area (Å²) in [6, 6.07) is 12.9. The molecule has 1 aromatic carbocycles. The molecule has 0 aliphatic carbocycles. The fraction of sp³-hybridized carbons (Fsp3) is 0.375. The highest BCUT2D eigenvalue weighted by atomic mass is 35.5. The van der Waals surface area contributed by atoms with E-state index in [4.69, 9.17) is 17.3 Å². The number of benzene rings is 1. The van der Waals surface area contributed by atoms with Gasteiger partial charge in [0.15, 0.2) is 0 Å². The molecule has 3 rings (SSSR count). The average molecular weight is 307 g/mol. The van der Waals surface area contributed by atoms with E-state index in [-0.39, 0.29) is 0 Å². The van der Waals surface area contributed by atoms with Crippen molar-refractivity contribution in [3.05, 3.63) is 57.2 Å². The Bertz CT molecular complexity index is 555. The van der Waals surface area contributed by atoms with Crippen molar-refractivity contribution in [3.8, 4) is 0 Å². The Morgan fingerprint density at radius 1 is 1.20 bits per heavy atom. The smallest absolute Gasteiger partial charge is 0.0973 e. The second-order valence-electron chi connectivity index (χ2n) is 5.43. The van der Waals surface area contributed by atoms with E-state index in [1.165, 1.54) is 11.1 Å². The fourth-order valence-electron chi connectivity index (χ4n) is 3.08. The van der Waals surface area contributed by atoms with E-state index in [1.807, 2.05) is 0 Å². The Balaban J connectivity index is 1.73. The molecule has 0 saturated carbocycles. The molecule has 1 saturated heterocycles. The van der Waals surface area contributed by atoms with E-state index in [0.29, 0.717) is 11.8 Å². The first-order valence-corrected chi connectivity index (χ1v) is 8.23. The van der Waals surface area contributed by atoms with Crippen LogP contribution in [-0.4, -0.2) is 24.5 Å². The Labute approximate surface area is 129 Å². The van der Waals surface area contributed by atoms with Crippen LogP contribution in [0.3, 0.4) is 0 Å². The van der Waals surface area contributed by atoms with Crippen molar-refractivity contribution >= 4 is 22.9 Å². The van der Waals surface area contributed by atoms with Crippen molar-refractivity contribution in [2.45, 2.75) is 12.5 Å². The summed E-state index contributed by atoms with van der Waals surface area (Å²) in [5.74, 6) is 1.08. The fourth-order valence-corrected chi connectivity index (χ4v) is 3.99. The van der Waals surface area contributed by atoms with Crippen molar-refractivity contribution in [2.24, 2.45) is 11.7 Å². The van der Waals surface area contributed by atoms with Gasteiger partial charge in [-0.15, -0.1) is 11.3 Å². The second-order valence-corrected chi connectivity index (χ2v) is 6.94. The lowest BCUT2D eigenvalue weighted by Crippen LogP contribution is -2.23. The van der Waals surface area contributed by atoms with E-state index in [0.717, 1.165) is 30.5 Å². The molecule has 0 bridgehead atoms. The van der Waals surface area contributed by atoms with Crippen LogP contribution in [0, 0.1) is 5.92 Å². The molecule has 106 valence electrons. The summed E-state index contributed by atoms with van der Waals surface area (Å²) in [7, 11) is 0. The minimum Gasteiger partial charge on any atom is -0.330 e. The van der Waals surface area contributed by atoms with Crippen molar-refractivity contribution in [1.29, 1.82) is 0 Å². The van der Waals surface area contributed by atoms with Crippen LogP contribution in [0.25, 0.3) is 0 Å². The predicted molar refractivity (Wildman–Crippen MR) is 86.3 cm³/mol. The quantitative estimate of drug-likeness (QED) is 0.935. The minimum absolute atomic E-state index is 0.537. The van der Waals surface area contributed by atoms with Gasteiger partial charge in [0.25, 0.3) is 0 Å². The van der Waals surface area contributed by atoms with Gasteiger partial charge in [0.2, 0.25) is 0 Å². The molecule has 0 unspecified atom stereocenters. The third-order valence-corrected chi connectivity index (χ3v) is 5.39. The maximum absolute atomic E-state index is 6.21. The van der Waals surface area contributed by atoms with E-state index in [9.17, 15) is 0 Å². The van der Waals surface area contributed by atoms with Gasteiger partial charge in [-0.1, -0.05) is 41.9 Å². The zero-order valence-electron chi connectivity index (χ0n) is 11.3. The molecule has 2 aromatic rings. The standard InChI is InChI=1S/C16H19ClN2S/c17-16-13(6-7-20-16)9-19-10-14(8-18)15(11-19)12-4-2-1-3-5-12/h1-7,14-15H,8-11,18H2/t14-,15+/m1/s1. The molecule has 2 nitrogen and oxygen atoms in total. The molecule has 4 heteroatoms. The topological polar surface area (TPSA) is 29.3 Å². The maximum Gasteiger partial charge on any atom is 0.0973 e. The molecule has 2 N–H and O–H groups in total. The average Bonchev–Trinajstić information content (AvgIpc) is 3.07. The monoisotopic (exact) mass is 306 g/mol. The van der Waals surface area contributed by atoms with Crippen LogP contribution in [0.1, 0.15) is 17.0 Å². The van der Waals surface area contributed by atoms with Crippen LogP contribution in [0.5, 0.6) is 0 Å². The normalized spacial score (nSPS) is 23.3. The molecule has 1 aliphatic heterocycles. The third-order valence-electron chi connectivity index (χ3n) is 4.13. The number of hydrogen-bond donors (Lipinski definition) is 1. The number of thiophene rings is 1. The lowest BCUT2D eigenvalue weighted by atomic mass is 9.89. The number of nitrogens with two attached hydrogens (primary N) is 1. The molecular weight excluding hydrogens is 288 g/mol. The van der Waals surface area contributed by atoms with Crippen LogP contribution in [0.15, 0.2) is 41.8 Å². The molecular formula is C16H19ClN2S. The van der Waals surface area contributed by atoms with Gasteiger partial charge in [-0.2, -0.15) is 0 Å². The summed E-state index contributed by atoms with van der Waals surface area (Å²) >= 11 is 7.81. The van der Waals surface area contributed by atoms with Crippen molar-refractivity contribution in [2.75, 3.05) is 19.6 Å². The minimum atomic E-state index is 0.537. The summed E-state index contributed by atoms with van der Waals surface area (Å²) in [5.41, 5.74) is 8.62. The van der Waals surface area contributed by atoms with Crippen LogP contribution >= 0.6 is 22.9 Å². The number of nitrogens with zero attached hydrogens (tertiary/aromatic N) is 1. The van der Waals surface area contributed by atoms with Crippen molar-refractivity contribution in [3.63, 3.8) is 0 Å². The molecule has 0 amide bonds. The van der Waals surface area contributed by atoms with E-state index < -0.39 is 0 Å². The van der Waals surface area contributed by atoms with Gasteiger partial charge >= 0.3 is 0 Å². The zero-order valence-corrected chi connectivity index (χ0v) is 12.9. The summed E-state index contributed by atoms with van der Waals surface area (Å²) in [4.78, 5) is 2.48. The highest BCUT2D eigenvalue weighted by molar-refractivity contribution is 7.14. The molecule has 1 fully saturated rings. The summed E-state index contributed by atoms with van der Waals surface area (Å²) < 4.78 is 0.914. The van der Waals surface area contributed by atoms with Crippen molar-refractivity contribution in [1.82, 2.24) is 4.90 Å². The second kappa shape index (κ2) is 6.27. The van der Waals surface area contributed by atoms with Crippen LogP contribution in [0.2, 0.25) is 4.34 Å². The Morgan fingerprint density at radius 2 is 2.00 bits per heavy atom. The van der Waals surface area contributed by atoms with Gasteiger partial charge < -0.3 is 5.73 Å². The van der Waals surface area contributed by atoms with E-state index in [2.05, 4.69) is 46.7 Å². The first kappa shape index (κ1) is 14.1. The Morgan fingerprint density at radius 3 is 2.65 bits per heavy atom. The van der Waals surface area contributed by atoms with Gasteiger partial charge in [0.1, 0.15) is 0 Å². The lowest BCUT2D eigenvalue weighted by Gasteiger charge is -2.16. The molecule has 1 aromatic heterocycles. The lowest BCUT2D eigenvalue weighted by molar-refractivity contribution is 0.317. The Kier molecular flexibility index (Phi) is 4.41. The number of hydrogen-bond acceptors (Lipinski definition) is 3. The molecule has 0 spiro atoms. The maximum atomic E-state index is 6.21. The van der Waals surface area contributed by atoms with E-state index in [1.54, 1.807) is 11.3 Å². The number of likely N-dealkylation sites (tertiary alicyclic amines) is 1. The van der Waals surface area contributed by atoms with Crippen LogP contribution in [-0.2, 0) is 6.54 Å². The predicted octanol–water partition coefficient (Wildman–Crippen LogP) is 3.58. The summed E-state index contributed by atoms with van der Waals surface area (Å²) in [6.45, 7) is 3.80. The Hall–Kier alpha value is -0.870. The molecule has 2 heterocycles. The van der Waals surface area contributed by atoms with Crippen LogP contribution < -0.4 is 5.73 Å². The molecule has 20 heavy (non-hydrogen) atoms. The largest absolute Gasteiger partial charge is 0.330 e. The van der Waals surface area contributed by atoms with Crippen LogP contribution in [0.4, 0.5) is 0 Å². The first-order valence-electron chi connectivity index (χ1n) is 6.97. The summed E-state index contributed by atoms with van der Waals surface area (Å²) in [6.07, 6.45) is 0. The van der Waals surface area contributed by atoms with Crippen molar-refractivity contribution < 1.29 is 0 Å². The SMILES string of the molecule is NC[C@@H]1CN(Cc2ccsc2Cl)C[C@H]1c1ccccc1. The molecule has 2 atom stereocenters. The number of halogens is 1. The molecule has 1 aliphatic rings. The van der Waals surface area contributed by atoms with Gasteiger partial charge in [-0.3, -0.25) is 4.90 Å². The molecule has 0 radical (unpaired) electrons. The third kappa shape index (κ3) is 2.91. The highest BCUT2D eigenvalue weighted by Gasteiger charge is 2.32. The van der Waals surface area contributed by atoms with Gasteiger partial charge in [-0.05, 0) is 35.0 Å². The van der Waals surface area contributed by atoms with E-state index >= 15 is 0 Å². The van der Waals surface area contributed by atoms with Gasteiger partial charge in [-0.25, -0.2) is 0 Å². The first-order chi connectivity index (χ1) is 9.78. The summed E-state index contributed by atoms with van der Waals surface area (Å²) in [5, 5.41) is 2.06. The zero-order chi connectivity index (χ0) is 13.9. The van der Waals surface area contributed by atoms with Gasteiger partial charge in [0, 0.05) is 25.6 Å².